The fraction of sp³-hybridized carbons (Fsp3) is 0.158. The number of nitrogens with zero attached hydrogens (tertiary/aromatic N) is 1. The molecule has 5 heteroatoms. The highest BCUT2D eigenvalue weighted by Crippen LogP contribution is 2.32. The molecule has 0 saturated heterocycles. The van der Waals surface area contributed by atoms with Gasteiger partial charge in [0.1, 0.15) is 0 Å². The number of hydrogen-bond donors (Lipinski definition) is 1. The third-order valence-electron chi connectivity index (χ3n) is 4.30. The predicted octanol–water partition coefficient (Wildman–Crippen LogP) is 4.14. The molecule has 0 bridgehead atoms. The van der Waals surface area contributed by atoms with Gasteiger partial charge < -0.3 is 10.1 Å². The van der Waals surface area contributed by atoms with Crippen LogP contribution >= 0.6 is 11.6 Å². The quantitative estimate of drug-likeness (QED) is 0.764. The summed E-state index contributed by atoms with van der Waals surface area (Å²) in [7, 11) is 0. The Kier molecular flexibility index (Phi) is 3.92. The molecule has 0 radical (unpaired) electrons. The van der Waals surface area contributed by atoms with Crippen LogP contribution in [0.4, 0.5) is 5.69 Å². The fourth-order valence-electron chi connectivity index (χ4n) is 3.08. The number of nitrogens with one attached hydrogen (secondary N) is 1. The van der Waals surface area contributed by atoms with Crippen LogP contribution in [0.5, 0.6) is 0 Å². The molecular formula is C19H15ClN2O2. The van der Waals surface area contributed by atoms with Gasteiger partial charge in [-0.15, -0.1) is 0 Å². The lowest BCUT2D eigenvalue weighted by Crippen LogP contribution is -2.29. The van der Waals surface area contributed by atoms with E-state index in [0.717, 1.165) is 21.9 Å². The van der Waals surface area contributed by atoms with Gasteiger partial charge in [-0.05, 0) is 11.6 Å². The molecule has 0 saturated carbocycles. The van der Waals surface area contributed by atoms with Gasteiger partial charge in [0.25, 0.3) is 0 Å². The van der Waals surface area contributed by atoms with Crippen LogP contribution in [0.25, 0.3) is 10.8 Å². The van der Waals surface area contributed by atoms with E-state index in [1.807, 2.05) is 42.5 Å². The van der Waals surface area contributed by atoms with E-state index in [-0.39, 0.29) is 11.8 Å². The first-order chi connectivity index (χ1) is 11.7. The van der Waals surface area contributed by atoms with Crippen LogP contribution in [0.3, 0.4) is 0 Å². The Bertz CT molecular complexity index is 921. The second-order valence-electron chi connectivity index (χ2n) is 5.77. The van der Waals surface area contributed by atoms with Gasteiger partial charge >= 0.3 is 0 Å². The zero-order valence-electron chi connectivity index (χ0n) is 12.8. The van der Waals surface area contributed by atoms with Crippen molar-refractivity contribution in [3.63, 3.8) is 0 Å². The van der Waals surface area contributed by atoms with Gasteiger partial charge in [0.2, 0.25) is 5.91 Å². The summed E-state index contributed by atoms with van der Waals surface area (Å²) >= 11 is 6.23. The number of ether oxygens (including phenoxy) is 1. The maximum Gasteiger partial charge on any atom is 0.234 e. The number of amides is 1. The zero-order valence-corrected chi connectivity index (χ0v) is 13.6. The van der Waals surface area contributed by atoms with Gasteiger partial charge in [0.15, 0.2) is 0 Å². The summed E-state index contributed by atoms with van der Waals surface area (Å²) in [4.78, 5) is 17.0. The standard InChI is InChI=1S/C19H15ClN2O2/c20-17-7-3-6-14-15(17)10-24-11-16(14)19(23)22-18-9-21-8-12-4-1-2-5-13(12)18/h1-9,16H,10-11H2,(H,22,23). The lowest BCUT2D eigenvalue weighted by molar-refractivity contribution is -0.119. The summed E-state index contributed by atoms with van der Waals surface area (Å²) in [6.07, 6.45) is 3.45. The van der Waals surface area contributed by atoms with Gasteiger partial charge in [-0.3, -0.25) is 9.78 Å². The van der Waals surface area contributed by atoms with Gasteiger partial charge in [-0.2, -0.15) is 0 Å². The van der Waals surface area contributed by atoms with Crippen molar-refractivity contribution >= 4 is 34.0 Å². The molecule has 4 rings (SSSR count). The summed E-state index contributed by atoms with van der Waals surface area (Å²) in [6.45, 7) is 0.784. The normalized spacial score (nSPS) is 16.6. The number of fused-ring (bicyclic) bond motifs is 2. The number of pyridine rings is 1. The van der Waals surface area contributed by atoms with Gasteiger partial charge in [0, 0.05) is 27.6 Å². The minimum Gasteiger partial charge on any atom is -0.376 e. The second kappa shape index (κ2) is 6.23. The lowest BCUT2D eigenvalue weighted by atomic mass is 9.92. The number of aromatic nitrogens is 1. The third kappa shape index (κ3) is 2.64. The number of benzene rings is 2. The SMILES string of the molecule is O=C(Nc1cncc2ccccc12)C1COCc2c(Cl)cccc21. The molecule has 2 heterocycles. The molecule has 0 aliphatic carbocycles. The molecule has 1 atom stereocenters. The average Bonchev–Trinajstić information content (AvgIpc) is 2.62. The van der Waals surface area contributed by atoms with Crippen molar-refractivity contribution in [1.82, 2.24) is 4.98 Å². The fourth-order valence-corrected chi connectivity index (χ4v) is 3.31. The first kappa shape index (κ1) is 15.1. The molecule has 3 aromatic rings. The van der Waals surface area contributed by atoms with Gasteiger partial charge in [0.05, 0.1) is 31.0 Å². The summed E-state index contributed by atoms with van der Waals surface area (Å²) in [5, 5.41) is 5.57. The van der Waals surface area contributed by atoms with E-state index in [9.17, 15) is 4.79 Å². The summed E-state index contributed by atoms with van der Waals surface area (Å²) in [5.74, 6) is -0.497. The van der Waals surface area contributed by atoms with Crippen molar-refractivity contribution in [2.45, 2.75) is 12.5 Å². The van der Waals surface area contributed by atoms with E-state index >= 15 is 0 Å². The van der Waals surface area contributed by atoms with Crippen LogP contribution in [0.15, 0.2) is 54.9 Å². The highest BCUT2D eigenvalue weighted by molar-refractivity contribution is 6.31. The van der Waals surface area contributed by atoms with Gasteiger partial charge in [-0.25, -0.2) is 0 Å². The van der Waals surface area contributed by atoms with Crippen molar-refractivity contribution in [3.05, 3.63) is 71.0 Å². The smallest absolute Gasteiger partial charge is 0.234 e. The van der Waals surface area contributed by atoms with E-state index in [1.54, 1.807) is 12.4 Å². The molecular weight excluding hydrogens is 324 g/mol. The number of rotatable bonds is 2. The van der Waals surface area contributed by atoms with Crippen molar-refractivity contribution < 1.29 is 9.53 Å². The number of anilines is 1. The number of hydrogen-bond acceptors (Lipinski definition) is 3. The van der Waals surface area contributed by atoms with Crippen molar-refractivity contribution in [2.75, 3.05) is 11.9 Å². The molecule has 120 valence electrons. The minimum absolute atomic E-state index is 0.114. The Morgan fingerprint density at radius 2 is 2.04 bits per heavy atom. The Morgan fingerprint density at radius 3 is 2.96 bits per heavy atom. The van der Waals surface area contributed by atoms with Crippen LogP contribution in [0, 0.1) is 0 Å². The average molecular weight is 339 g/mol. The Labute approximate surface area is 144 Å². The molecule has 1 aliphatic heterocycles. The summed E-state index contributed by atoms with van der Waals surface area (Å²) in [6, 6.07) is 13.4. The topological polar surface area (TPSA) is 51.2 Å². The van der Waals surface area contributed by atoms with E-state index in [0.29, 0.717) is 23.9 Å². The highest BCUT2D eigenvalue weighted by Gasteiger charge is 2.28. The van der Waals surface area contributed by atoms with E-state index in [4.69, 9.17) is 16.3 Å². The number of halogens is 1. The van der Waals surface area contributed by atoms with Crippen molar-refractivity contribution in [2.24, 2.45) is 0 Å². The molecule has 1 unspecified atom stereocenters. The first-order valence-electron chi connectivity index (χ1n) is 7.72. The van der Waals surface area contributed by atoms with Crippen LogP contribution in [0.2, 0.25) is 5.02 Å². The molecule has 0 fully saturated rings. The summed E-state index contributed by atoms with van der Waals surface area (Å²) in [5.41, 5.74) is 2.52. The van der Waals surface area contributed by atoms with Crippen LogP contribution in [0.1, 0.15) is 17.0 Å². The number of carbonyl (C=O) groups excluding carboxylic acids is 1. The van der Waals surface area contributed by atoms with E-state index < -0.39 is 0 Å². The Hall–Kier alpha value is -2.43. The monoisotopic (exact) mass is 338 g/mol. The second-order valence-corrected chi connectivity index (χ2v) is 6.18. The maximum absolute atomic E-state index is 12.8. The zero-order chi connectivity index (χ0) is 16.5. The molecule has 2 aromatic carbocycles. The minimum atomic E-state index is -0.383. The molecule has 24 heavy (non-hydrogen) atoms. The molecule has 0 spiro atoms. The van der Waals surface area contributed by atoms with Crippen LogP contribution < -0.4 is 5.32 Å². The van der Waals surface area contributed by atoms with Gasteiger partial charge in [-0.1, -0.05) is 48.0 Å². The van der Waals surface area contributed by atoms with Crippen molar-refractivity contribution in [3.8, 4) is 0 Å². The molecule has 1 N–H and O–H groups in total. The summed E-state index contributed by atoms with van der Waals surface area (Å²) < 4.78 is 5.57. The highest BCUT2D eigenvalue weighted by atomic mass is 35.5. The Balaban J connectivity index is 1.67. The Morgan fingerprint density at radius 1 is 1.17 bits per heavy atom. The largest absolute Gasteiger partial charge is 0.376 e. The van der Waals surface area contributed by atoms with E-state index in [1.165, 1.54) is 0 Å². The molecule has 1 amide bonds. The lowest BCUT2D eigenvalue weighted by Gasteiger charge is -2.25. The first-order valence-corrected chi connectivity index (χ1v) is 8.10. The number of carbonyl (C=O) groups is 1. The van der Waals surface area contributed by atoms with E-state index in [2.05, 4.69) is 10.3 Å². The maximum atomic E-state index is 12.8. The molecule has 1 aromatic heterocycles. The van der Waals surface area contributed by atoms with Crippen LogP contribution in [-0.4, -0.2) is 17.5 Å². The molecule has 1 aliphatic rings. The molecule has 4 nitrogen and oxygen atoms in total. The van der Waals surface area contributed by atoms with Crippen LogP contribution in [-0.2, 0) is 16.1 Å². The third-order valence-corrected chi connectivity index (χ3v) is 4.66. The van der Waals surface area contributed by atoms with Crippen molar-refractivity contribution in [1.29, 1.82) is 0 Å². The predicted molar refractivity (Wildman–Crippen MR) is 94.2 cm³/mol.